The van der Waals surface area contributed by atoms with Gasteiger partial charge in [-0.05, 0) is 52.4 Å². The molecule has 2 rings (SSSR count). The summed E-state index contributed by atoms with van der Waals surface area (Å²) in [6.45, 7) is 7.89. The van der Waals surface area contributed by atoms with Crippen LogP contribution in [0.3, 0.4) is 0 Å². The Bertz CT molecular complexity index is 1110. The fourth-order valence-electron chi connectivity index (χ4n) is 3.41. The summed E-state index contributed by atoms with van der Waals surface area (Å²) >= 11 is 0. The second-order valence-corrected chi connectivity index (χ2v) is 10.3. The van der Waals surface area contributed by atoms with Crippen molar-refractivity contribution in [3.63, 3.8) is 0 Å². The molecule has 2 aromatic carbocycles. The maximum atomic E-state index is 13.5. The summed E-state index contributed by atoms with van der Waals surface area (Å²) in [4.78, 5) is 10.7. The third-order valence-electron chi connectivity index (χ3n) is 5.24. The molecular weight excluding hydrogens is 473 g/mol. The molecule has 0 heterocycles. The number of sulfonamides is 1. The number of carboxylic acid groups (broad SMARTS) is 1. The van der Waals surface area contributed by atoms with Crippen molar-refractivity contribution in [2.75, 3.05) is 17.6 Å². The van der Waals surface area contributed by atoms with Crippen molar-refractivity contribution in [3.05, 3.63) is 59.4 Å². The summed E-state index contributed by atoms with van der Waals surface area (Å²) in [7, 11) is -2.08. The summed E-state index contributed by atoms with van der Waals surface area (Å²) in [5.74, 6) is -1.59. The highest BCUT2D eigenvalue weighted by atomic mass is 32.2. The quantitative estimate of drug-likeness (QED) is 0.430. The Hall–Kier alpha value is -2.75. The Kier molecular flexibility index (Phi) is 11.6. The topological polar surface area (TPSA) is 115 Å². The Morgan fingerprint density at radius 1 is 1.11 bits per heavy atom. The average Bonchev–Trinajstić information content (AvgIpc) is 2.77. The maximum Gasteiger partial charge on any atom is 0.305 e. The van der Waals surface area contributed by atoms with Crippen molar-refractivity contribution in [1.82, 2.24) is 0 Å². The Labute approximate surface area is 207 Å². The van der Waals surface area contributed by atoms with E-state index in [-0.39, 0.29) is 12.3 Å². The first-order valence-corrected chi connectivity index (χ1v) is 13.3. The molecule has 0 spiro atoms. The lowest BCUT2D eigenvalue weighted by atomic mass is 9.88. The normalized spacial score (nSPS) is 13.3. The number of aliphatic carboxylic acids is 1. The number of anilines is 1. The Balaban J connectivity index is 0.00000298. The van der Waals surface area contributed by atoms with Gasteiger partial charge in [0.1, 0.15) is 5.82 Å². The van der Waals surface area contributed by atoms with Gasteiger partial charge in [0.25, 0.3) is 0 Å². The third kappa shape index (κ3) is 9.08. The SMILES string of the molecule is CC.CC(C)c1cc(N(C)S(C)(=O)=O)cc(-c2ccc(F)cc2)c1/C=C/C(O)CC(O)CC(=O)O. The van der Waals surface area contributed by atoms with Gasteiger partial charge in [0.05, 0.1) is 30.6 Å². The van der Waals surface area contributed by atoms with Crippen LogP contribution in [-0.2, 0) is 14.8 Å². The lowest BCUT2D eigenvalue weighted by Gasteiger charge is -2.23. The van der Waals surface area contributed by atoms with Crippen LogP contribution in [0, 0.1) is 5.82 Å². The van der Waals surface area contributed by atoms with E-state index in [1.54, 1.807) is 30.3 Å². The average molecular weight is 510 g/mol. The standard InChI is InChI=1S/C24H30FNO6S.C2H6/c1-15(2)22-11-18(26(3)33(4,31)32)12-23(16-5-7-17(25)8-6-16)21(22)10-9-19(27)13-20(28)14-24(29)30;1-2/h5-12,15,19-20,27-28H,13-14H2,1-4H3,(H,29,30);1-2H3/b10-9+;. The van der Waals surface area contributed by atoms with Crippen molar-refractivity contribution in [3.8, 4) is 11.1 Å². The van der Waals surface area contributed by atoms with Gasteiger partial charge in [0, 0.05) is 13.5 Å². The second-order valence-electron chi connectivity index (χ2n) is 8.30. The molecule has 0 fully saturated rings. The highest BCUT2D eigenvalue weighted by Gasteiger charge is 2.20. The molecule has 194 valence electrons. The largest absolute Gasteiger partial charge is 0.481 e. The van der Waals surface area contributed by atoms with Crippen molar-refractivity contribution in [2.45, 2.75) is 58.7 Å². The van der Waals surface area contributed by atoms with Gasteiger partial charge < -0.3 is 15.3 Å². The first-order valence-electron chi connectivity index (χ1n) is 11.4. The van der Waals surface area contributed by atoms with Gasteiger partial charge in [-0.15, -0.1) is 0 Å². The second kappa shape index (κ2) is 13.4. The van der Waals surface area contributed by atoms with Crippen molar-refractivity contribution in [1.29, 1.82) is 0 Å². The monoisotopic (exact) mass is 509 g/mol. The van der Waals surface area contributed by atoms with E-state index in [0.717, 1.165) is 16.1 Å². The van der Waals surface area contributed by atoms with Crippen LogP contribution >= 0.6 is 0 Å². The minimum absolute atomic E-state index is 0.0218. The number of aliphatic hydroxyl groups is 2. The molecule has 0 aliphatic heterocycles. The number of carbonyl (C=O) groups is 1. The maximum absolute atomic E-state index is 13.5. The van der Waals surface area contributed by atoms with Crippen LogP contribution in [0.15, 0.2) is 42.5 Å². The van der Waals surface area contributed by atoms with Crippen LogP contribution in [0.4, 0.5) is 10.1 Å². The number of benzene rings is 2. The predicted octanol–water partition coefficient (Wildman–Crippen LogP) is 4.64. The number of halogens is 1. The van der Waals surface area contributed by atoms with Gasteiger partial charge in [-0.3, -0.25) is 9.10 Å². The van der Waals surface area contributed by atoms with Crippen molar-refractivity contribution < 1.29 is 32.9 Å². The molecule has 9 heteroatoms. The summed E-state index contributed by atoms with van der Waals surface area (Å²) in [5, 5.41) is 28.9. The summed E-state index contributed by atoms with van der Waals surface area (Å²) < 4.78 is 39.0. The van der Waals surface area contributed by atoms with Crippen molar-refractivity contribution >= 4 is 27.8 Å². The van der Waals surface area contributed by atoms with E-state index >= 15 is 0 Å². The molecule has 0 radical (unpaired) electrons. The van der Waals surface area contributed by atoms with E-state index < -0.39 is 40.4 Å². The molecule has 0 aliphatic rings. The first kappa shape index (κ1) is 30.3. The van der Waals surface area contributed by atoms with E-state index in [2.05, 4.69) is 0 Å². The molecule has 0 amide bonds. The highest BCUT2D eigenvalue weighted by molar-refractivity contribution is 7.92. The molecule has 0 bridgehead atoms. The molecular formula is C26H36FNO6S. The smallest absolute Gasteiger partial charge is 0.305 e. The molecule has 2 atom stereocenters. The zero-order valence-electron chi connectivity index (χ0n) is 21.1. The lowest BCUT2D eigenvalue weighted by Crippen LogP contribution is -2.25. The molecule has 2 aromatic rings. The van der Waals surface area contributed by atoms with Crippen LogP contribution < -0.4 is 4.31 Å². The molecule has 0 saturated carbocycles. The molecule has 7 nitrogen and oxygen atoms in total. The molecule has 35 heavy (non-hydrogen) atoms. The molecule has 0 aliphatic carbocycles. The van der Waals surface area contributed by atoms with Gasteiger partial charge in [-0.2, -0.15) is 0 Å². The lowest BCUT2D eigenvalue weighted by molar-refractivity contribution is -0.139. The van der Waals surface area contributed by atoms with Crippen LogP contribution in [0.25, 0.3) is 17.2 Å². The van der Waals surface area contributed by atoms with Gasteiger partial charge in [-0.25, -0.2) is 12.8 Å². The van der Waals surface area contributed by atoms with E-state index in [4.69, 9.17) is 5.11 Å². The van der Waals surface area contributed by atoms with Gasteiger partial charge in [-0.1, -0.05) is 52.0 Å². The summed E-state index contributed by atoms with van der Waals surface area (Å²) in [5.41, 5.74) is 3.24. The number of aliphatic hydroxyl groups excluding tert-OH is 2. The minimum atomic E-state index is -3.53. The van der Waals surface area contributed by atoms with Crippen molar-refractivity contribution in [2.24, 2.45) is 0 Å². The molecule has 0 saturated heterocycles. The minimum Gasteiger partial charge on any atom is -0.481 e. The highest BCUT2D eigenvalue weighted by Crippen LogP contribution is 2.36. The predicted molar refractivity (Wildman–Crippen MR) is 138 cm³/mol. The van der Waals surface area contributed by atoms with Crippen LogP contribution in [0.5, 0.6) is 0 Å². The van der Waals surface area contributed by atoms with E-state index in [0.29, 0.717) is 22.4 Å². The van der Waals surface area contributed by atoms with Gasteiger partial charge in [0.2, 0.25) is 10.0 Å². The number of hydrogen-bond donors (Lipinski definition) is 3. The zero-order chi connectivity index (χ0) is 26.9. The number of hydrogen-bond acceptors (Lipinski definition) is 5. The van der Waals surface area contributed by atoms with Crippen LogP contribution in [0.1, 0.15) is 57.6 Å². The summed E-state index contributed by atoms with van der Waals surface area (Å²) in [6, 6.07) is 9.23. The number of nitrogens with zero attached hydrogens (tertiary/aromatic N) is 1. The van der Waals surface area contributed by atoms with E-state index in [1.807, 2.05) is 27.7 Å². The molecule has 0 aromatic heterocycles. The van der Waals surface area contributed by atoms with E-state index in [9.17, 15) is 27.8 Å². The van der Waals surface area contributed by atoms with Gasteiger partial charge in [0.15, 0.2) is 0 Å². The number of carboxylic acids is 1. The fourth-order valence-corrected chi connectivity index (χ4v) is 3.90. The summed E-state index contributed by atoms with van der Waals surface area (Å²) in [6.07, 6.45) is 1.30. The first-order chi connectivity index (χ1) is 16.3. The molecule has 3 N–H and O–H groups in total. The van der Waals surface area contributed by atoms with E-state index in [1.165, 1.54) is 25.3 Å². The Morgan fingerprint density at radius 3 is 2.17 bits per heavy atom. The third-order valence-corrected chi connectivity index (χ3v) is 6.45. The van der Waals surface area contributed by atoms with Gasteiger partial charge >= 0.3 is 5.97 Å². The molecule has 2 unspecified atom stereocenters. The Morgan fingerprint density at radius 2 is 1.69 bits per heavy atom. The fraction of sp³-hybridized carbons (Fsp3) is 0.423. The van der Waals surface area contributed by atoms with Crippen LogP contribution in [-0.4, -0.2) is 55.2 Å². The zero-order valence-corrected chi connectivity index (χ0v) is 21.9. The number of rotatable bonds is 10. The van der Waals surface area contributed by atoms with Crippen LogP contribution in [0.2, 0.25) is 0 Å².